The van der Waals surface area contributed by atoms with Crippen molar-refractivity contribution in [2.24, 2.45) is 11.8 Å². The van der Waals surface area contributed by atoms with Crippen molar-refractivity contribution in [2.75, 3.05) is 19.6 Å². The van der Waals surface area contributed by atoms with Crippen molar-refractivity contribution in [2.45, 2.75) is 32.1 Å². The van der Waals surface area contributed by atoms with Crippen molar-refractivity contribution in [1.82, 2.24) is 10.6 Å². The van der Waals surface area contributed by atoms with Gasteiger partial charge in [-0.05, 0) is 62.2 Å². The fourth-order valence-corrected chi connectivity index (χ4v) is 3.46. The molecule has 3 rings (SSSR count). The average molecular weight is 272 g/mol. The molecule has 108 valence electrons. The lowest BCUT2D eigenvalue weighted by atomic mass is 9.94. The van der Waals surface area contributed by atoms with Crippen molar-refractivity contribution in [3.05, 3.63) is 35.4 Å². The molecule has 0 unspecified atom stereocenters. The third kappa shape index (κ3) is 3.21. The number of nitrogens with one attached hydrogen (secondary N) is 2. The molecule has 1 amide bonds. The Morgan fingerprint density at radius 2 is 1.80 bits per heavy atom. The van der Waals surface area contributed by atoms with Gasteiger partial charge in [-0.3, -0.25) is 4.79 Å². The van der Waals surface area contributed by atoms with Gasteiger partial charge in [-0.15, -0.1) is 0 Å². The summed E-state index contributed by atoms with van der Waals surface area (Å²) >= 11 is 0. The van der Waals surface area contributed by atoms with E-state index in [0.29, 0.717) is 0 Å². The molecule has 1 aliphatic carbocycles. The molecule has 0 spiro atoms. The summed E-state index contributed by atoms with van der Waals surface area (Å²) in [5.74, 6) is 1.19. The Labute approximate surface area is 121 Å². The first kappa shape index (κ1) is 13.6. The van der Waals surface area contributed by atoms with Crippen LogP contribution in [0.15, 0.2) is 24.3 Å². The van der Waals surface area contributed by atoms with Crippen molar-refractivity contribution in [3.8, 4) is 0 Å². The maximum Gasteiger partial charge on any atom is 0.223 e. The first-order valence-electron chi connectivity index (χ1n) is 7.88. The van der Waals surface area contributed by atoms with E-state index in [2.05, 4.69) is 34.9 Å². The number of fused-ring (bicyclic) bond motifs is 1. The molecule has 2 aliphatic rings. The van der Waals surface area contributed by atoms with Crippen molar-refractivity contribution in [1.29, 1.82) is 0 Å². The minimum Gasteiger partial charge on any atom is -0.356 e. The van der Waals surface area contributed by atoms with Gasteiger partial charge in [-0.2, -0.15) is 0 Å². The second kappa shape index (κ2) is 6.40. The Balaban J connectivity index is 1.42. The van der Waals surface area contributed by atoms with Crippen LogP contribution in [0.1, 0.15) is 30.4 Å². The molecule has 1 saturated heterocycles. The topological polar surface area (TPSA) is 41.1 Å². The van der Waals surface area contributed by atoms with Gasteiger partial charge in [-0.25, -0.2) is 0 Å². The Bertz CT molecular complexity index is 441. The predicted octanol–water partition coefficient (Wildman–Crippen LogP) is 1.91. The van der Waals surface area contributed by atoms with Crippen LogP contribution < -0.4 is 10.6 Å². The van der Waals surface area contributed by atoms with Crippen molar-refractivity contribution >= 4 is 5.91 Å². The molecule has 1 fully saturated rings. The Hall–Kier alpha value is -1.35. The van der Waals surface area contributed by atoms with Crippen LogP contribution in [-0.2, 0) is 17.6 Å². The number of hydrogen-bond acceptors (Lipinski definition) is 2. The van der Waals surface area contributed by atoms with Crippen molar-refractivity contribution < 1.29 is 4.79 Å². The number of carbonyl (C=O) groups is 1. The van der Waals surface area contributed by atoms with Crippen LogP contribution in [0.3, 0.4) is 0 Å². The number of carbonyl (C=O) groups excluding carboxylic acids is 1. The van der Waals surface area contributed by atoms with Gasteiger partial charge in [0, 0.05) is 12.5 Å². The minimum atomic E-state index is 0.153. The van der Waals surface area contributed by atoms with Crippen LogP contribution in [0.25, 0.3) is 0 Å². The van der Waals surface area contributed by atoms with Gasteiger partial charge in [-0.1, -0.05) is 24.3 Å². The van der Waals surface area contributed by atoms with Gasteiger partial charge < -0.3 is 10.6 Å². The number of piperidine rings is 1. The monoisotopic (exact) mass is 272 g/mol. The second-order valence-electron chi connectivity index (χ2n) is 6.15. The highest BCUT2D eigenvalue weighted by molar-refractivity contribution is 5.80. The summed E-state index contributed by atoms with van der Waals surface area (Å²) in [6.45, 7) is 3.11. The molecule has 3 nitrogen and oxygen atoms in total. The molecular weight excluding hydrogens is 248 g/mol. The Morgan fingerprint density at radius 1 is 1.15 bits per heavy atom. The van der Waals surface area contributed by atoms with E-state index in [1.165, 1.54) is 24.0 Å². The van der Waals surface area contributed by atoms with E-state index in [9.17, 15) is 4.79 Å². The van der Waals surface area contributed by atoms with E-state index in [0.717, 1.165) is 44.8 Å². The highest BCUT2D eigenvalue weighted by atomic mass is 16.1. The molecule has 1 aromatic carbocycles. The van der Waals surface area contributed by atoms with Gasteiger partial charge in [0.2, 0.25) is 5.91 Å². The molecule has 0 atom stereocenters. The summed E-state index contributed by atoms with van der Waals surface area (Å²) in [5.41, 5.74) is 2.71. The zero-order valence-corrected chi connectivity index (χ0v) is 12.0. The maximum atomic E-state index is 12.2. The fourth-order valence-electron chi connectivity index (χ4n) is 3.46. The Morgan fingerprint density at radius 3 is 2.45 bits per heavy atom. The Kier molecular flexibility index (Phi) is 4.36. The summed E-state index contributed by atoms with van der Waals surface area (Å²) < 4.78 is 0. The SMILES string of the molecule is O=C(NCCC1CCNCC1)C1Cc2ccccc2C1. The van der Waals surface area contributed by atoms with Crippen LogP contribution in [0.4, 0.5) is 0 Å². The third-order valence-electron chi connectivity index (χ3n) is 4.73. The lowest BCUT2D eigenvalue weighted by Gasteiger charge is -2.22. The lowest BCUT2D eigenvalue weighted by molar-refractivity contribution is -0.124. The quantitative estimate of drug-likeness (QED) is 0.879. The molecule has 0 saturated carbocycles. The number of amides is 1. The first-order valence-corrected chi connectivity index (χ1v) is 7.88. The number of hydrogen-bond donors (Lipinski definition) is 2. The molecule has 2 N–H and O–H groups in total. The number of rotatable bonds is 4. The van der Waals surface area contributed by atoms with E-state index in [4.69, 9.17) is 0 Å². The standard InChI is InChI=1S/C17H24N2O/c20-17(19-10-7-13-5-8-18-9-6-13)16-11-14-3-1-2-4-15(14)12-16/h1-4,13,16,18H,5-12H2,(H,19,20). The minimum absolute atomic E-state index is 0.153. The molecule has 20 heavy (non-hydrogen) atoms. The molecule has 1 heterocycles. The van der Waals surface area contributed by atoms with Crippen LogP contribution in [0.2, 0.25) is 0 Å². The van der Waals surface area contributed by atoms with E-state index in [1.54, 1.807) is 0 Å². The van der Waals surface area contributed by atoms with Crippen LogP contribution >= 0.6 is 0 Å². The van der Waals surface area contributed by atoms with Gasteiger partial charge in [0.15, 0.2) is 0 Å². The molecule has 0 radical (unpaired) electrons. The van der Waals surface area contributed by atoms with Crippen LogP contribution in [0.5, 0.6) is 0 Å². The summed E-state index contributed by atoms with van der Waals surface area (Å²) in [6.07, 6.45) is 5.47. The van der Waals surface area contributed by atoms with E-state index in [1.807, 2.05) is 0 Å². The van der Waals surface area contributed by atoms with Crippen LogP contribution in [-0.4, -0.2) is 25.5 Å². The first-order chi connectivity index (χ1) is 9.83. The average Bonchev–Trinajstić information content (AvgIpc) is 2.92. The highest BCUT2D eigenvalue weighted by Crippen LogP contribution is 2.26. The molecule has 0 aromatic heterocycles. The molecule has 3 heteroatoms. The predicted molar refractivity (Wildman–Crippen MR) is 80.6 cm³/mol. The van der Waals surface area contributed by atoms with Gasteiger partial charge in [0.25, 0.3) is 0 Å². The summed E-state index contributed by atoms with van der Waals surface area (Å²) in [4.78, 5) is 12.2. The summed E-state index contributed by atoms with van der Waals surface area (Å²) in [6, 6.07) is 8.43. The normalized spacial score (nSPS) is 19.8. The van der Waals surface area contributed by atoms with Crippen molar-refractivity contribution in [3.63, 3.8) is 0 Å². The highest BCUT2D eigenvalue weighted by Gasteiger charge is 2.26. The zero-order chi connectivity index (χ0) is 13.8. The third-order valence-corrected chi connectivity index (χ3v) is 4.73. The second-order valence-corrected chi connectivity index (χ2v) is 6.15. The summed E-state index contributed by atoms with van der Waals surface area (Å²) in [5, 5.41) is 6.53. The molecular formula is C17H24N2O. The van der Waals surface area contributed by atoms with E-state index in [-0.39, 0.29) is 11.8 Å². The smallest absolute Gasteiger partial charge is 0.223 e. The largest absolute Gasteiger partial charge is 0.356 e. The van der Waals surface area contributed by atoms with Gasteiger partial charge in [0.1, 0.15) is 0 Å². The fraction of sp³-hybridized carbons (Fsp3) is 0.588. The molecule has 1 aromatic rings. The van der Waals surface area contributed by atoms with Gasteiger partial charge >= 0.3 is 0 Å². The van der Waals surface area contributed by atoms with Crippen LogP contribution in [0, 0.1) is 11.8 Å². The zero-order valence-electron chi connectivity index (χ0n) is 12.0. The van der Waals surface area contributed by atoms with E-state index < -0.39 is 0 Å². The molecule has 0 bridgehead atoms. The van der Waals surface area contributed by atoms with Gasteiger partial charge in [0.05, 0.1) is 0 Å². The maximum absolute atomic E-state index is 12.2. The number of benzene rings is 1. The molecule has 1 aliphatic heterocycles. The lowest BCUT2D eigenvalue weighted by Crippen LogP contribution is -2.34. The van der Waals surface area contributed by atoms with E-state index >= 15 is 0 Å². The summed E-state index contributed by atoms with van der Waals surface area (Å²) in [7, 11) is 0.